The van der Waals surface area contributed by atoms with Crippen molar-refractivity contribution < 1.29 is 13.7 Å². The summed E-state index contributed by atoms with van der Waals surface area (Å²) in [4.78, 5) is 16.5. The van der Waals surface area contributed by atoms with Crippen molar-refractivity contribution in [3.8, 4) is 22.7 Å². The molecule has 4 aromatic rings. The predicted octanol–water partition coefficient (Wildman–Crippen LogP) is 6.53. The van der Waals surface area contributed by atoms with Crippen molar-refractivity contribution in [2.75, 3.05) is 11.9 Å². The number of hydrogen-bond acceptors (Lipinski definition) is 5. The second-order valence-electron chi connectivity index (χ2n) is 6.71. The highest BCUT2D eigenvalue weighted by molar-refractivity contribution is 6.39. The van der Waals surface area contributed by atoms with E-state index in [0.717, 1.165) is 5.69 Å². The van der Waals surface area contributed by atoms with Crippen molar-refractivity contribution in [1.29, 1.82) is 0 Å². The summed E-state index contributed by atoms with van der Waals surface area (Å²) in [7, 11) is 0. The lowest BCUT2D eigenvalue weighted by atomic mass is 10.1. The number of anilines is 1. The van der Waals surface area contributed by atoms with Crippen LogP contribution in [-0.2, 0) is 0 Å². The van der Waals surface area contributed by atoms with E-state index in [9.17, 15) is 9.18 Å². The van der Waals surface area contributed by atoms with Crippen LogP contribution in [0.4, 0.5) is 10.1 Å². The van der Waals surface area contributed by atoms with E-state index in [2.05, 4.69) is 15.5 Å². The molecule has 0 fully saturated rings. The lowest BCUT2D eigenvalue weighted by Crippen LogP contribution is -2.09. The fourth-order valence-electron chi connectivity index (χ4n) is 3.00. The lowest BCUT2D eigenvalue weighted by Gasteiger charge is -2.06. The van der Waals surface area contributed by atoms with Gasteiger partial charge in [0.05, 0.1) is 21.9 Å². The van der Waals surface area contributed by atoms with Gasteiger partial charge in [0, 0.05) is 30.2 Å². The first kappa shape index (κ1) is 21.0. The number of ketones is 1. The van der Waals surface area contributed by atoms with Gasteiger partial charge in [-0.1, -0.05) is 34.4 Å². The first-order valence-electron chi connectivity index (χ1n) is 9.41. The molecule has 0 unspecified atom stereocenters. The molecule has 0 atom stereocenters. The molecule has 0 aliphatic rings. The molecule has 0 amide bonds. The molecule has 1 N–H and O–H groups in total. The van der Waals surface area contributed by atoms with Gasteiger partial charge in [0.2, 0.25) is 0 Å². The van der Waals surface area contributed by atoms with Gasteiger partial charge in [0.15, 0.2) is 11.5 Å². The fraction of sp³-hybridized carbons (Fsp3) is 0.0870. The highest BCUT2D eigenvalue weighted by Gasteiger charge is 2.15. The van der Waals surface area contributed by atoms with E-state index in [1.54, 1.807) is 36.5 Å². The van der Waals surface area contributed by atoms with Gasteiger partial charge in [0.25, 0.3) is 0 Å². The minimum atomic E-state index is -0.366. The van der Waals surface area contributed by atoms with Crippen LogP contribution in [0.15, 0.2) is 71.4 Å². The van der Waals surface area contributed by atoms with E-state index >= 15 is 0 Å². The Hall–Kier alpha value is -3.22. The smallest absolute Gasteiger partial charge is 0.185 e. The number of benzene rings is 2. The third-order valence-electron chi connectivity index (χ3n) is 4.59. The van der Waals surface area contributed by atoms with Gasteiger partial charge >= 0.3 is 0 Å². The number of aromatic nitrogens is 2. The molecule has 0 aliphatic heterocycles. The van der Waals surface area contributed by atoms with E-state index in [1.807, 2.05) is 6.07 Å². The van der Waals surface area contributed by atoms with Gasteiger partial charge in [0.1, 0.15) is 17.2 Å². The zero-order valence-electron chi connectivity index (χ0n) is 16.1. The van der Waals surface area contributed by atoms with Crippen LogP contribution in [0, 0.1) is 5.82 Å². The third-order valence-corrected chi connectivity index (χ3v) is 5.22. The molecule has 8 heteroatoms. The van der Waals surface area contributed by atoms with Crippen LogP contribution in [0.2, 0.25) is 10.0 Å². The second-order valence-corrected chi connectivity index (χ2v) is 7.53. The Bertz CT molecular complexity index is 1190. The molecule has 0 saturated heterocycles. The molecule has 2 aromatic heterocycles. The minimum Gasteiger partial charge on any atom is -0.383 e. The van der Waals surface area contributed by atoms with Crippen molar-refractivity contribution in [3.05, 3.63) is 88.3 Å². The minimum absolute atomic E-state index is 0.0653. The molecule has 156 valence electrons. The average molecular weight is 456 g/mol. The number of carbonyl (C=O) groups excluding carboxylic acids is 1. The quantitative estimate of drug-likeness (QED) is 0.320. The zero-order valence-corrected chi connectivity index (χ0v) is 17.6. The van der Waals surface area contributed by atoms with Gasteiger partial charge in [-0.3, -0.25) is 9.78 Å². The Morgan fingerprint density at radius 2 is 1.74 bits per heavy atom. The van der Waals surface area contributed by atoms with Gasteiger partial charge in [-0.2, -0.15) is 0 Å². The molecule has 0 radical (unpaired) electrons. The molecule has 0 spiro atoms. The topological polar surface area (TPSA) is 68.0 Å². The summed E-state index contributed by atoms with van der Waals surface area (Å²) in [5.74, 6) is 0.0446. The van der Waals surface area contributed by atoms with E-state index in [-0.39, 0.29) is 18.0 Å². The Labute approximate surface area is 187 Å². The van der Waals surface area contributed by atoms with Crippen molar-refractivity contribution in [3.63, 3.8) is 0 Å². The molecule has 31 heavy (non-hydrogen) atoms. The van der Waals surface area contributed by atoms with Crippen molar-refractivity contribution in [2.45, 2.75) is 6.42 Å². The number of Topliss-reactive ketones (excluding diaryl/α,β-unsaturated/α-hetero) is 1. The maximum absolute atomic E-state index is 12.9. The highest BCUT2D eigenvalue weighted by atomic mass is 35.5. The van der Waals surface area contributed by atoms with Gasteiger partial charge < -0.3 is 9.84 Å². The summed E-state index contributed by atoms with van der Waals surface area (Å²) < 4.78 is 18.4. The Morgan fingerprint density at radius 1 is 1.00 bits per heavy atom. The monoisotopic (exact) mass is 455 g/mol. The number of pyridine rings is 1. The molecule has 5 nitrogen and oxygen atoms in total. The lowest BCUT2D eigenvalue weighted by molar-refractivity contribution is 0.0986. The molecular formula is C23H16Cl2FN3O2. The molecule has 0 bridgehead atoms. The number of halogens is 3. The fourth-order valence-corrected chi connectivity index (χ4v) is 3.59. The first-order chi connectivity index (χ1) is 15.0. The van der Waals surface area contributed by atoms with Gasteiger partial charge in [-0.25, -0.2) is 4.39 Å². The number of carbonyl (C=O) groups is 1. The highest BCUT2D eigenvalue weighted by Crippen LogP contribution is 2.35. The number of rotatable bonds is 7. The van der Waals surface area contributed by atoms with Crippen molar-refractivity contribution in [2.24, 2.45) is 0 Å². The summed E-state index contributed by atoms with van der Waals surface area (Å²) >= 11 is 12.5. The van der Waals surface area contributed by atoms with Crippen LogP contribution in [0.5, 0.6) is 0 Å². The first-order valence-corrected chi connectivity index (χ1v) is 10.2. The molecule has 0 saturated carbocycles. The molecular weight excluding hydrogens is 440 g/mol. The van der Waals surface area contributed by atoms with Crippen molar-refractivity contribution >= 4 is 34.7 Å². The summed E-state index contributed by atoms with van der Waals surface area (Å²) in [5.41, 5.74) is 2.95. The summed E-state index contributed by atoms with van der Waals surface area (Å²) in [6.07, 6.45) is 1.92. The van der Waals surface area contributed by atoms with E-state index in [1.165, 1.54) is 24.3 Å². The zero-order chi connectivity index (χ0) is 21.8. The van der Waals surface area contributed by atoms with E-state index in [4.69, 9.17) is 27.7 Å². The molecule has 2 heterocycles. The Morgan fingerprint density at radius 3 is 2.42 bits per heavy atom. The van der Waals surface area contributed by atoms with Crippen LogP contribution in [0.25, 0.3) is 22.7 Å². The van der Waals surface area contributed by atoms with Crippen LogP contribution < -0.4 is 5.32 Å². The Kier molecular flexibility index (Phi) is 6.30. The number of hydrogen-bond donors (Lipinski definition) is 1. The SMILES string of the molecule is O=C(CCNc1ccc(-c2cc(-c3c(Cl)cccc3Cl)no2)nc1)c1ccc(F)cc1. The second kappa shape index (κ2) is 9.29. The third kappa shape index (κ3) is 4.93. The van der Waals surface area contributed by atoms with Gasteiger partial charge in [-0.15, -0.1) is 0 Å². The summed E-state index contributed by atoms with van der Waals surface area (Å²) in [6.45, 7) is 0.425. The molecule has 2 aromatic carbocycles. The largest absolute Gasteiger partial charge is 0.383 e. The molecule has 4 rings (SSSR count). The summed E-state index contributed by atoms with van der Waals surface area (Å²) in [5, 5.41) is 8.16. The van der Waals surface area contributed by atoms with Crippen LogP contribution in [0.3, 0.4) is 0 Å². The van der Waals surface area contributed by atoms with Crippen LogP contribution >= 0.6 is 23.2 Å². The predicted molar refractivity (Wildman–Crippen MR) is 119 cm³/mol. The number of nitrogens with zero attached hydrogens (tertiary/aromatic N) is 2. The Balaban J connectivity index is 1.38. The standard InChI is InChI=1S/C23H16Cl2FN3O2/c24-17-2-1-3-18(25)23(17)20-12-22(31-29-20)19-9-8-16(13-28-19)27-11-10-21(30)14-4-6-15(26)7-5-14/h1-9,12-13,27H,10-11H2. The average Bonchev–Trinajstić information content (AvgIpc) is 3.24. The summed E-state index contributed by atoms with van der Waals surface area (Å²) in [6, 6.07) is 16.1. The number of nitrogens with one attached hydrogen (secondary N) is 1. The maximum atomic E-state index is 12.9. The van der Waals surface area contributed by atoms with Crippen LogP contribution in [0.1, 0.15) is 16.8 Å². The molecule has 0 aliphatic carbocycles. The normalized spacial score (nSPS) is 10.8. The van der Waals surface area contributed by atoms with E-state index in [0.29, 0.717) is 44.9 Å². The maximum Gasteiger partial charge on any atom is 0.185 e. The van der Waals surface area contributed by atoms with Crippen LogP contribution in [-0.4, -0.2) is 22.5 Å². The van der Waals surface area contributed by atoms with Gasteiger partial charge in [-0.05, 0) is 48.5 Å². The van der Waals surface area contributed by atoms with E-state index < -0.39 is 0 Å². The van der Waals surface area contributed by atoms with Crippen molar-refractivity contribution in [1.82, 2.24) is 10.1 Å².